The topological polar surface area (TPSA) is 47.9 Å². The van der Waals surface area contributed by atoms with Gasteiger partial charge in [-0.15, -0.1) is 0 Å². The molecule has 0 saturated carbocycles. The van der Waals surface area contributed by atoms with Crippen molar-refractivity contribution < 1.29 is 19.3 Å². The third-order valence-electron chi connectivity index (χ3n) is 3.24. The summed E-state index contributed by atoms with van der Waals surface area (Å²) in [5.41, 5.74) is 1.64. The SMILES string of the molecule is OC1COCCc2c(Cl)cc3c(c21)OCCCO3. The van der Waals surface area contributed by atoms with Crippen molar-refractivity contribution in [3.63, 3.8) is 0 Å². The summed E-state index contributed by atoms with van der Waals surface area (Å²) < 4.78 is 16.7. The molecule has 2 aliphatic heterocycles. The predicted molar refractivity (Wildman–Crippen MR) is 66.5 cm³/mol. The summed E-state index contributed by atoms with van der Waals surface area (Å²) in [4.78, 5) is 0. The molecular formula is C13H15ClO4. The van der Waals surface area contributed by atoms with Crippen LogP contribution in [0.15, 0.2) is 6.07 Å². The van der Waals surface area contributed by atoms with Crippen LogP contribution in [-0.4, -0.2) is 31.5 Å². The molecule has 1 N–H and O–H groups in total. The van der Waals surface area contributed by atoms with Crippen LogP contribution in [0.25, 0.3) is 0 Å². The molecule has 0 saturated heterocycles. The van der Waals surface area contributed by atoms with Crippen LogP contribution < -0.4 is 9.47 Å². The highest BCUT2D eigenvalue weighted by atomic mass is 35.5. The molecule has 0 aliphatic carbocycles. The first kappa shape index (κ1) is 12.1. The number of hydrogen-bond donors (Lipinski definition) is 1. The fourth-order valence-corrected chi connectivity index (χ4v) is 2.69. The maximum atomic E-state index is 10.2. The number of rotatable bonds is 0. The molecule has 18 heavy (non-hydrogen) atoms. The Morgan fingerprint density at radius 2 is 2.06 bits per heavy atom. The molecule has 0 aromatic heterocycles. The Balaban J connectivity index is 2.17. The van der Waals surface area contributed by atoms with Crippen molar-refractivity contribution in [2.75, 3.05) is 26.4 Å². The smallest absolute Gasteiger partial charge is 0.167 e. The lowest BCUT2D eigenvalue weighted by molar-refractivity contribution is 0.0438. The maximum absolute atomic E-state index is 10.2. The van der Waals surface area contributed by atoms with E-state index in [0.29, 0.717) is 42.8 Å². The van der Waals surface area contributed by atoms with Crippen LogP contribution in [0.3, 0.4) is 0 Å². The molecule has 2 aliphatic rings. The van der Waals surface area contributed by atoms with Crippen LogP contribution in [-0.2, 0) is 11.2 Å². The second-order valence-electron chi connectivity index (χ2n) is 4.47. The molecule has 98 valence electrons. The number of hydrogen-bond acceptors (Lipinski definition) is 4. The molecule has 1 unspecified atom stereocenters. The normalized spacial score (nSPS) is 22.9. The van der Waals surface area contributed by atoms with Crippen molar-refractivity contribution >= 4 is 11.6 Å². The van der Waals surface area contributed by atoms with E-state index in [2.05, 4.69) is 0 Å². The van der Waals surface area contributed by atoms with Crippen LogP contribution >= 0.6 is 11.6 Å². The van der Waals surface area contributed by atoms with Crippen molar-refractivity contribution in [2.24, 2.45) is 0 Å². The molecule has 1 aromatic carbocycles. The Hall–Kier alpha value is -0.970. The zero-order valence-corrected chi connectivity index (χ0v) is 10.7. The first-order valence-electron chi connectivity index (χ1n) is 6.14. The highest BCUT2D eigenvalue weighted by Gasteiger charge is 2.27. The van der Waals surface area contributed by atoms with Gasteiger partial charge in [-0.3, -0.25) is 0 Å². The minimum Gasteiger partial charge on any atom is -0.489 e. The van der Waals surface area contributed by atoms with Crippen molar-refractivity contribution in [3.8, 4) is 11.5 Å². The molecule has 4 nitrogen and oxygen atoms in total. The first-order valence-corrected chi connectivity index (χ1v) is 6.52. The lowest BCUT2D eigenvalue weighted by Gasteiger charge is -2.19. The number of fused-ring (bicyclic) bond motifs is 3. The summed E-state index contributed by atoms with van der Waals surface area (Å²) in [6, 6.07) is 1.78. The van der Waals surface area contributed by atoms with E-state index in [1.54, 1.807) is 6.07 Å². The molecule has 3 rings (SSSR count). The standard InChI is InChI=1S/C13H15ClO4/c14-9-6-11-13(18-4-1-3-17-11)12-8(9)2-5-16-7-10(12)15/h6,10,15H,1-5,7H2. The Morgan fingerprint density at radius 1 is 1.22 bits per heavy atom. The monoisotopic (exact) mass is 270 g/mol. The van der Waals surface area contributed by atoms with E-state index in [-0.39, 0.29) is 6.61 Å². The molecule has 0 amide bonds. The zero-order chi connectivity index (χ0) is 12.5. The summed E-state index contributed by atoms with van der Waals surface area (Å²) in [5.74, 6) is 1.25. The highest BCUT2D eigenvalue weighted by molar-refractivity contribution is 6.31. The Bertz CT molecular complexity index is 461. The molecule has 0 spiro atoms. The second-order valence-corrected chi connectivity index (χ2v) is 4.88. The third-order valence-corrected chi connectivity index (χ3v) is 3.57. The lowest BCUT2D eigenvalue weighted by atomic mass is 9.99. The molecule has 5 heteroatoms. The van der Waals surface area contributed by atoms with E-state index >= 15 is 0 Å². The van der Waals surface area contributed by atoms with Gasteiger partial charge in [0.2, 0.25) is 0 Å². The average Bonchev–Trinajstić information content (AvgIpc) is 2.68. The van der Waals surface area contributed by atoms with E-state index in [9.17, 15) is 5.11 Å². The number of ether oxygens (including phenoxy) is 3. The maximum Gasteiger partial charge on any atom is 0.167 e. The van der Waals surface area contributed by atoms with Gasteiger partial charge in [-0.05, 0) is 12.0 Å². The van der Waals surface area contributed by atoms with Crippen LogP contribution in [0.5, 0.6) is 11.5 Å². The second kappa shape index (κ2) is 4.96. The summed E-state index contributed by atoms with van der Waals surface area (Å²) >= 11 is 6.27. The van der Waals surface area contributed by atoms with Gasteiger partial charge in [-0.25, -0.2) is 0 Å². The average molecular weight is 271 g/mol. The predicted octanol–water partition coefficient (Wildman–Crippen LogP) is 2.11. The third kappa shape index (κ3) is 2.05. The number of halogens is 1. The Morgan fingerprint density at radius 3 is 2.94 bits per heavy atom. The van der Waals surface area contributed by atoms with Crippen LogP contribution in [0.2, 0.25) is 5.02 Å². The van der Waals surface area contributed by atoms with E-state index in [0.717, 1.165) is 17.5 Å². The molecule has 1 atom stereocenters. The van der Waals surface area contributed by atoms with Gasteiger partial charge in [-0.1, -0.05) is 11.6 Å². The van der Waals surface area contributed by atoms with E-state index in [1.165, 1.54) is 0 Å². The van der Waals surface area contributed by atoms with Crippen LogP contribution in [0, 0.1) is 0 Å². The molecule has 0 fully saturated rings. The van der Waals surface area contributed by atoms with Gasteiger partial charge < -0.3 is 19.3 Å². The van der Waals surface area contributed by atoms with Crippen molar-refractivity contribution in [2.45, 2.75) is 18.9 Å². The molecule has 2 heterocycles. The Labute approximate surface area is 110 Å². The highest BCUT2D eigenvalue weighted by Crippen LogP contribution is 2.43. The van der Waals surface area contributed by atoms with Gasteiger partial charge in [0.15, 0.2) is 11.5 Å². The lowest BCUT2D eigenvalue weighted by Crippen LogP contribution is -2.08. The Kier molecular flexibility index (Phi) is 3.33. The van der Waals surface area contributed by atoms with E-state index in [1.807, 2.05) is 0 Å². The molecule has 1 aromatic rings. The van der Waals surface area contributed by atoms with Gasteiger partial charge in [-0.2, -0.15) is 0 Å². The number of benzene rings is 1. The summed E-state index contributed by atoms with van der Waals surface area (Å²) in [7, 11) is 0. The minimum atomic E-state index is -0.711. The minimum absolute atomic E-state index is 0.267. The fourth-order valence-electron chi connectivity index (χ4n) is 2.40. The van der Waals surface area contributed by atoms with Gasteiger partial charge in [0.25, 0.3) is 0 Å². The summed E-state index contributed by atoms with van der Waals surface area (Å²) in [5, 5.41) is 10.8. The van der Waals surface area contributed by atoms with Crippen LogP contribution in [0.4, 0.5) is 0 Å². The zero-order valence-electron chi connectivity index (χ0n) is 9.95. The fraction of sp³-hybridized carbons (Fsp3) is 0.538. The summed E-state index contributed by atoms with van der Waals surface area (Å²) in [6.45, 7) is 2.02. The number of aliphatic hydroxyl groups is 1. The molecular weight excluding hydrogens is 256 g/mol. The van der Waals surface area contributed by atoms with Crippen molar-refractivity contribution in [1.82, 2.24) is 0 Å². The van der Waals surface area contributed by atoms with Gasteiger partial charge in [0.05, 0.1) is 26.4 Å². The number of aliphatic hydroxyl groups excluding tert-OH is 1. The first-order chi connectivity index (χ1) is 8.77. The van der Waals surface area contributed by atoms with Crippen molar-refractivity contribution in [1.29, 1.82) is 0 Å². The van der Waals surface area contributed by atoms with E-state index in [4.69, 9.17) is 25.8 Å². The molecule has 0 radical (unpaired) electrons. The van der Waals surface area contributed by atoms with Gasteiger partial charge in [0.1, 0.15) is 6.10 Å². The van der Waals surface area contributed by atoms with Crippen molar-refractivity contribution in [3.05, 3.63) is 22.2 Å². The quantitative estimate of drug-likeness (QED) is 0.784. The molecule has 0 bridgehead atoms. The summed E-state index contributed by atoms with van der Waals surface area (Å²) in [6.07, 6.45) is 0.798. The van der Waals surface area contributed by atoms with Gasteiger partial charge >= 0.3 is 0 Å². The largest absolute Gasteiger partial charge is 0.489 e. The van der Waals surface area contributed by atoms with E-state index < -0.39 is 6.10 Å². The van der Waals surface area contributed by atoms with Crippen LogP contribution in [0.1, 0.15) is 23.7 Å². The van der Waals surface area contributed by atoms with Gasteiger partial charge in [0, 0.05) is 23.1 Å².